The van der Waals surface area contributed by atoms with Crippen LogP contribution in [0.4, 0.5) is 9.59 Å². The van der Waals surface area contributed by atoms with Crippen LogP contribution in [0.25, 0.3) is 22.3 Å². The molecule has 14 nitrogen and oxygen atoms in total. The van der Waals surface area contributed by atoms with Gasteiger partial charge in [-0.1, -0.05) is 114 Å². The lowest BCUT2D eigenvalue weighted by atomic mass is 9.85. The van der Waals surface area contributed by atoms with Gasteiger partial charge in [-0.2, -0.15) is 0 Å². The van der Waals surface area contributed by atoms with E-state index in [1.807, 2.05) is 123 Å². The van der Waals surface area contributed by atoms with Gasteiger partial charge < -0.3 is 40.5 Å². The Kier molecular flexibility index (Phi) is 14.6. The Morgan fingerprint density at radius 2 is 1.50 bits per heavy atom. The number of aliphatic hydroxyl groups excluding tert-OH is 1. The van der Waals surface area contributed by atoms with Crippen molar-refractivity contribution in [3.63, 3.8) is 0 Å². The number of imidazole rings is 1. The molecule has 0 saturated carbocycles. The summed E-state index contributed by atoms with van der Waals surface area (Å²) < 4.78 is 1.99. The van der Waals surface area contributed by atoms with Crippen LogP contribution in [0.2, 0.25) is 0 Å². The third-order valence-corrected chi connectivity index (χ3v) is 11.9. The summed E-state index contributed by atoms with van der Waals surface area (Å²) in [5.74, 6) is -0.338. The molecule has 5 N–H and O–H groups in total. The summed E-state index contributed by atoms with van der Waals surface area (Å²) in [7, 11) is 1.94. The van der Waals surface area contributed by atoms with Crippen molar-refractivity contribution in [1.29, 1.82) is 0 Å². The van der Waals surface area contributed by atoms with E-state index in [4.69, 9.17) is 4.98 Å². The van der Waals surface area contributed by atoms with Crippen LogP contribution in [0.1, 0.15) is 64.4 Å². The van der Waals surface area contributed by atoms with E-state index in [0.717, 1.165) is 39.2 Å². The van der Waals surface area contributed by atoms with Crippen molar-refractivity contribution >= 4 is 35.0 Å². The van der Waals surface area contributed by atoms with E-state index >= 15 is 0 Å². The highest BCUT2D eigenvalue weighted by Crippen LogP contribution is 2.26. The molecule has 1 unspecified atom stereocenters. The van der Waals surface area contributed by atoms with Gasteiger partial charge in [-0.3, -0.25) is 14.6 Å². The maximum absolute atomic E-state index is 14.6. The molecule has 1 fully saturated rings. The average Bonchev–Trinajstić information content (AvgIpc) is 3.77. The van der Waals surface area contributed by atoms with Crippen LogP contribution < -0.4 is 16.0 Å². The van der Waals surface area contributed by atoms with Gasteiger partial charge in [0.05, 0.1) is 35.4 Å². The molecule has 1 aliphatic rings. The molecule has 1 saturated heterocycles. The number of nitrogens with zero attached hydrogens (tertiary/aromatic N) is 5. The molecule has 2 aromatic heterocycles. The number of carbonyl (C=O) groups excluding carboxylic acids is 3. The highest BCUT2D eigenvalue weighted by molar-refractivity contribution is 5.89. The lowest BCUT2D eigenvalue weighted by Crippen LogP contribution is -2.58. The van der Waals surface area contributed by atoms with Crippen molar-refractivity contribution < 1.29 is 29.4 Å². The Morgan fingerprint density at radius 1 is 0.823 bits per heavy atom. The lowest BCUT2D eigenvalue weighted by Gasteiger charge is -2.35. The standard InChI is InChI=1S/C48H60N8O6/c1-7-31(2)42(56-26-25-55(47(56)62)30-41-51-37-18-11-12-19-39(37)54(41)6)44(58)50-35(27-32-15-9-8-10-16-32)29-40(57)38(52-45(59)43(48(3,4)5)53-46(60)61)28-33-20-22-34(23-21-33)36-17-13-14-24-49-36/h8-24,31,35,38,40,42-43,53,57H,7,25-30H2,1-6H3,(H,50,58)(H,52,59)(H,60,61)/t31?,35-,38-,40+,42-,43+/m0/s1. The monoisotopic (exact) mass is 844 g/mol. The number of urea groups is 1. The number of pyridine rings is 1. The Hall–Kier alpha value is -6.28. The fraction of sp³-hybridized carbons (Fsp3) is 0.417. The molecular weight excluding hydrogens is 785 g/mol. The summed E-state index contributed by atoms with van der Waals surface area (Å²) in [5.41, 5.74) is 4.50. The van der Waals surface area contributed by atoms with Crippen molar-refractivity contribution in [2.75, 3.05) is 13.1 Å². The van der Waals surface area contributed by atoms with Gasteiger partial charge in [0.25, 0.3) is 0 Å². The van der Waals surface area contributed by atoms with Gasteiger partial charge in [-0.25, -0.2) is 14.6 Å². The Morgan fingerprint density at radius 3 is 2.15 bits per heavy atom. The topological polar surface area (TPSA) is 182 Å². The first-order chi connectivity index (χ1) is 29.6. The zero-order valence-corrected chi connectivity index (χ0v) is 36.5. The molecule has 62 heavy (non-hydrogen) atoms. The smallest absolute Gasteiger partial charge is 0.405 e. The first-order valence-corrected chi connectivity index (χ1v) is 21.4. The third kappa shape index (κ3) is 11.1. The molecule has 1 aliphatic heterocycles. The van der Waals surface area contributed by atoms with E-state index in [2.05, 4.69) is 20.9 Å². The van der Waals surface area contributed by atoms with Crippen LogP contribution in [0, 0.1) is 11.3 Å². The number of hydrogen-bond acceptors (Lipinski definition) is 7. The van der Waals surface area contributed by atoms with E-state index in [9.17, 15) is 29.4 Å². The molecule has 0 radical (unpaired) electrons. The van der Waals surface area contributed by atoms with Crippen LogP contribution in [-0.4, -0.2) is 102 Å². The van der Waals surface area contributed by atoms with Crippen molar-refractivity contribution in [2.45, 2.75) is 97.1 Å². The molecule has 0 aliphatic carbocycles. The SMILES string of the molecule is CCC(C)[C@@H](C(=O)N[C@@H](Cc1ccccc1)C[C@@H](O)[C@H](Cc1ccc(-c2ccccn2)cc1)NC(=O)[C@@H](NC(=O)O)C(C)(C)C)N1CCN(Cc2nc3ccccc3n2C)C1=O. The Balaban J connectivity index is 1.25. The van der Waals surface area contributed by atoms with E-state index in [-0.39, 0.29) is 30.7 Å². The molecule has 6 rings (SSSR count). The third-order valence-electron chi connectivity index (χ3n) is 11.9. The molecule has 5 amide bonds. The second kappa shape index (κ2) is 20.1. The second-order valence-electron chi connectivity index (χ2n) is 17.5. The second-order valence-corrected chi connectivity index (χ2v) is 17.5. The van der Waals surface area contributed by atoms with Crippen LogP contribution in [-0.2, 0) is 36.0 Å². The van der Waals surface area contributed by atoms with Crippen LogP contribution in [0.15, 0.2) is 103 Å². The first kappa shape index (κ1) is 45.3. The number of hydrogen-bond donors (Lipinski definition) is 5. The van der Waals surface area contributed by atoms with Gasteiger partial charge in [0.2, 0.25) is 11.8 Å². The normalized spacial score (nSPS) is 16.0. The van der Waals surface area contributed by atoms with Gasteiger partial charge in [-0.15, -0.1) is 0 Å². The number of aryl methyl sites for hydroxylation is 1. The zero-order valence-electron chi connectivity index (χ0n) is 36.5. The van der Waals surface area contributed by atoms with Gasteiger partial charge >= 0.3 is 12.1 Å². The predicted molar refractivity (Wildman–Crippen MR) is 239 cm³/mol. The quantitative estimate of drug-likeness (QED) is 0.0694. The molecule has 3 aromatic carbocycles. The number of fused-ring (bicyclic) bond motifs is 1. The summed E-state index contributed by atoms with van der Waals surface area (Å²) in [6, 6.07) is 27.2. The number of para-hydroxylation sites is 2. The summed E-state index contributed by atoms with van der Waals surface area (Å²) >= 11 is 0. The van der Waals surface area contributed by atoms with E-state index in [0.29, 0.717) is 32.5 Å². The fourth-order valence-corrected chi connectivity index (χ4v) is 8.23. The van der Waals surface area contributed by atoms with Crippen molar-refractivity contribution in [1.82, 2.24) is 40.3 Å². The molecule has 0 spiro atoms. The van der Waals surface area contributed by atoms with Gasteiger partial charge in [0.15, 0.2) is 0 Å². The maximum atomic E-state index is 14.6. The maximum Gasteiger partial charge on any atom is 0.405 e. The minimum Gasteiger partial charge on any atom is -0.465 e. The fourth-order valence-electron chi connectivity index (χ4n) is 8.23. The zero-order chi connectivity index (χ0) is 44.6. The minimum atomic E-state index is -1.34. The lowest BCUT2D eigenvalue weighted by molar-refractivity contribution is -0.129. The highest BCUT2D eigenvalue weighted by atomic mass is 16.4. The Bertz CT molecular complexity index is 2300. The summed E-state index contributed by atoms with van der Waals surface area (Å²) in [4.78, 5) is 67.1. The summed E-state index contributed by atoms with van der Waals surface area (Å²) in [6.07, 6.45) is 0.468. The number of rotatable bonds is 18. The van der Waals surface area contributed by atoms with Gasteiger partial charge in [-0.05, 0) is 66.0 Å². The molecule has 0 bridgehead atoms. The van der Waals surface area contributed by atoms with Crippen LogP contribution >= 0.6 is 0 Å². The minimum absolute atomic E-state index is 0.0458. The van der Waals surface area contributed by atoms with Gasteiger partial charge in [0, 0.05) is 37.9 Å². The highest BCUT2D eigenvalue weighted by Gasteiger charge is 2.41. The van der Waals surface area contributed by atoms with Crippen molar-refractivity contribution in [3.05, 3.63) is 120 Å². The largest absolute Gasteiger partial charge is 0.465 e. The number of nitrogens with one attached hydrogen (secondary N) is 3. The number of carboxylic acid groups (broad SMARTS) is 1. The molecule has 328 valence electrons. The average molecular weight is 845 g/mol. The van der Waals surface area contributed by atoms with Crippen LogP contribution in [0.3, 0.4) is 0 Å². The molecule has 5 aromatic rings. The molecule has 3 heterocycles. The van der Waals surface area contributed by atoms with Crippen molar-refractivity contribution in [2.24, 2.45) is 18.4 Å². The molecular formula is C48H60N8O6. The summed E-state index contributed by atoms with van der Waals surface area (Å²) in [5, 5.41) is 30.4. The summed E-state index contributed by atoms with van der Waals surface area (Å²) in [6.45, 7) is 10.3. The number of benzene rings is 3. The molecule has 6 atom stereocenters. The predicted octanol–water partition coefficient (Wildman–Crippen LogP) is 6.18. The number of amides is 5. The first-order valence-electron chi connectivity index (χ1n) is 21.4. The van der Waals surface area contributed by atoms with E-state index in [1.165, 1.54) is 0 Å². The number of carbonyl (C=O) groups is 4. The number of aliphatic hydroxyl groups is 1. The van der Waals surface area contributed by atoms with E-state index in [1.54, 1.807) is 36.8 Å². The van der Waals surface area contributed by atoms with Gasteiger partial charge in [0.1, 0.15) is 17.9 Å². The van der Waals surface area contributed by atoms with Crippen LogP contribution in [0.5, 0.6) is 0 Å². The van der Waals surface area contributed by atoms with Crippen molar-refractivity contribution in [3.8, 4) is 11.3 Å². The van der Waals surface area contributed by atoms with E-state index < -0.39 is 47.7 Å². The Labute approximate surface area is 363 Å². The number of aromatic nitrogens is 3. The molecule has 14 heteroatoms.